The Balaban J connectivity index is 0. The topological polar surface area (TPSA) is 0 Å². The first-order valence-electron chi connectivity index (χ1n) is 12.8. The summed E-state index contributed by atoms with van der Waals surface area (Å²) in [5.74, 6) is 6.57. The van der Waals surface area contributed by atoms with E-state index in [4.69, 9.17) is 0 Å². The zero-order valence-corrected chi connectivity index (χ0v) is 22.1. The summed E-state index contributed by atoms with van der Waals surface area (Å²) in [6, 6.07) is 0. The summed E-state index contributed by atoms with van der Waals surface area (Å²) in [4.78, 5) is 0. The molecule has 174 valence electrons. The van der Waals surface area contributed by atoms with Crippen molar-refractivity contribution in [2.45, 2.75) is 114 Å². The third kappa shape index (κ3) is 15.9. The second-order valence-corrected chi connectivity index (χ2v) is 10.6. The predicted octanol–water partition coefficient (Wildman–Crippen LogP) is 10.2. The van der Waals surface area contributed by atoms with Gasteiger partial charge in [0.05, 0.1) is 0 Å². The first-order valence-corrected chi connectivity index (χ1v) is 12.8. The lowest BCUT2D eigenvalue weighted by Gasteiger charge is -2.26. The molecule has 0 N–H and O–H groups in total. The van der Waals surface area contributed by atoms with E-state index in [1.54, 1.807) is 0 Å². The van der Waals surface area contributed by atoms with Crippen LogP contribution in [0.5, 0.6) is 0 Å². The first-order chi connectivity index (χ1) is 13.6. The van der Waals surface area contributed by atoms with E-state index >= 15 is 0 Å². The molecule has 0 heteroatoms. The molecule has 0 radical (unpaired) electrons. The van der Waals surface area contributed by atoms with Crippen LogP contribution >= 0.6 is 0 Å². The highest BCUT2D eigenvalue weighted by molar-refractivity contribution is 4.91. The van der Waals surface area contributed by atoms with Crippen molar-refractivity contribution >= 4 is 0 Å². The summed E-state index contributed by atoms with van der Waals surface area (Å²) in [5, 5.41) is 0. The zero-order valence-electron chi connectivity index (χ0n) is 22.1. The third-order valence-corrected chi connectivity index (χ3v) is 7.58. The highest BCUT2D eigenvalue weighted by atomic mass is 14.2. The Hall–Kier alpha value is -0.520. The molecule has 0 aliphatic heterocycles. The molecule has 0 amide bonds. The first kappa shape index (κ1) is 30.7. The molecule has 0 aliphatic rings. The largest absolute Gasteiger partial charge is 0.106 e. The van der Waals surface area contributed by atoms with E-state index in [1.165, 1.54) is 44.9 Å². The Bertz CT molecular complexity index is 379. The molecule has 0 nitrogen and oxygen atoms in total. The molecule has 0 aromatic heterocycles. The lowest BCUT2D eigenvalue weighted by molar-refractivity contribution is 0.256. The van der Waals surface area contributed by atoms with Crippen LogP contribution in [0.2, 0.25) is 0 Å². The fraction of sp³-hybridized carbons (Fsp3) is 0.862. The number of rotatable bonds is 15. The normalized spacial score (nSPS) is 19.1. The minimum Gasteiger partial charge on any atom is -0.106 e. The van der Waals surface area contributed by atoms with Gasteiger partial charge in [-0.2, -0.15) is 0 Å². The molecule has 7 unspecified atom stereocenters. The monoisotopic (exact) mass is 406 g/mol. The van der Waals surface area contributed by atoms with Gasteiger partial charge >= 0.3 is 0 Å². The maximum atomic E-state index is 3.00. The van der Waals surface area contributed by atoms with E-state index in [2.05, 4.69) is 94.5 Å². The molecule has 0 aromatic carbocycles. The number of hydrogen-bond acceptors (Lipinski definition) is 0. The van der Waals surface area contributed by atoms with Crippen molar-refractivity contribution in [2.75, 3.05) is 0 Å². The van der Waals surface area contributed by atoms with Gasteiger partial charge in [0.25, 0.3) is 0 Å². The molecular weight excluding hydrogens is 348 g/mol. The maximum Gasteiger partial charge on any atom is -0.0236 e. The quantitative estimate of drug-likeness (QED) is 0.237. The standard InChI is InChI=1S/C27H54.C2H4/c1-11-21(4)13-15-23(6)25(8)17-19-27(10)26(9)18-16-24(7)22(5)14-12-20(2)3;1-2/h13,15,20-27H,11-12,14,16-19H2,1-10H3;1-2H2/b15-13-;. The molecule has 7 atom stereocenters. The Morgan fingerprint density at radius 1 is 0.517 bits per heavy atom. The van der Waals surface area contributed by atoms with Gasteiger partial charge in [-0.1, -0.05) is 120 Å². The molecule has 0 heterocycles. The molecule has 0 bridgehead atoms. The van der Waals surface area contributed by atoms with Gasteiger partial charge in [-0.15, -0.1) is 13.2 Å². The lowest BCUT2D eigenvalue weighted by Crippen LogP contribution is -2.15. The molecule has 0 fully saturated rings. The van der Waals surface area contributed by atoms with Crippen molar-refractivity contribution < 1.29 is 0 Å². The van der Waals surface area contributed by atoms with Crippen molar-refractivity contribution in [3.05, 3.63) is 25.3 Å². The van der Waals surface area contributed by atoms with Crippen LogP contribution in [0.15, 0.2) is 25.3 Å². The minimum absolute atomic E-state index is 0.711. The van der Waals surface area contributed by atoms with E-state index in [1.807, 2.05) is 0 Å². The van der Waals surface area contributed by atoms with Gasteiger partial charge in [-0.05, 0) is 53.8 Å². The molecule has 0 spiro atoms. The van der Waals surface area contributed by atoms with Gasteiger partial charge in [-0.25, -0.2) is 0 Å². The Kier molecular flexibility index (Phi) is 19.3. The number of allylic oxidation sites excluding steroid dienone is 2. The molecule has 0 saturated heterocycles. The lowest BCUT2D eigenvalue weighted by atomic mass is 9.80. The van der Waals surface area contributed by atoms with E-state index in [9.17, 15) is 0 Å². The average molecular weight is 407 g/mol. The van der Waals surface area contributed by atoms with Crippen molar-refractivity contribution in [2.24, 2.45) is 47.3 Å². The van der Waals surface area contributed by atoms with Crippen molar-refractivity contribution in [3.8, 4) is 0 Å². The zero-order chi connectivity index (χ0) is 23.0. The van der Waals surface area contributed by atoms with E-state index < -0.39 is 0 Å². The van der Waals surface area contributed by atoms with E-state index in [0.29, 0.717) is 5.92 Å². The summed E-state index contributed by atoms with van der Waals surface area (Å²) >= 11 is 0. The highest BCUT2D eigenvalue weighted by Crippen LogP contribution is 2.30. The third-order valence-electron chi connectivity index (χ3n) is 7.58. The van der Waals surface area contributed by atoms with Gasteiger partial charge in [0.15, 0.2) is 0 Å². The number of hydrogen-bond donors (Lipinski definition) is 0. The van der Waals surface area contributed by atoms with Crippen LogP contribution in [0.25, 0.3) is 0 Å². The average Bonchev–Trinajstić information content (AvgIpc) is 2.72. The molecular formula is C29H58. The van der Waals surface area contributed by atoms with Crippen LogP contribution in [0.3, 0.4) is 0 Å². The molecule has 0 aromatic rings. The molecule has 0 saturated carbocycles. The summed E-state index contributed by atoms with van der Waals surface area (Å²) in [6.07, 6.45) is 14.5. The van der Waals surface area contributed by atoms with Crippen LogP contribution in [0.4, 0.5) is 0 Å². The van der Waals surface area contributed by atoms with Gasteiger partial charge in [-0.3, -0.25) is 0 Å². The Labute approximate surface area is 187 Å². The van der Waals surface area contributed by atoms with E-state index in [-0.39, 0.29) is 0 Å². The van der Waals surface area contributed by atoms with Crippen LogP contribution in [-0.4, -0.2) is 0 Å². The molecule has 0 aliphatic carbocycles. The Morgan fingerprint density at radius 3 is 1.21 bits per heavy atom. The van der Waals surface area contributed by atoms with Crippen LogP contribution in [0.1, 0.15) is 114 Å². The van der Waals surface area contributed by atoms with Gasteiger partial charge in [0.2, 0.25) is 0 Å². The molecule has 0 rings (SSSR count). The smallest absolute Gasteiger partial charge is 0.0236 e. The maximum absolute atomic E-state index is 3.00. The second-order valence-electron chi connectivity index (χ2n) is 10.6. The Morgan fingerprint density at radius 2 is 0.862 bits per heavy atom. The van der Waals surface area contributed by atoms with Crippen LogP contribution in [0, 0.1) is 47.3 Å². The highest BCUT2D eigenvalue weighted by Gasteiger charge is 2.19. The minimum atomic E-state index is 0.711. The summed E-state index contributed by atoms with van der Waals surface area (Å²) in [5.41, 5.74) is 0. The van der Waals surface area contributed by atoms with Crippen molar-refractivity contribution in [1.82, 2.24) is 0 Å². The second kappa shape index (κ2) is 18.3. The summed E-state index contributed by atoms with van der Waals surface area (Å²) in [6.45, 7) is 30.1. The van der Waals surface area contributed by atoms with E-state index in [0.717, 1.165) is 41.4 Å². The van der Waals surface area contributed by atoms with Crippen LogP contribution < -0.4 is 0 Å². The molecule has 29 heavy (non-hydrogen) atoms. The van der Waals surface area contributed by atoms with Crippen molar-refractivity contribution in [3.63, 3.8) is 0 Å². The predicted molar refractivity (Wildman–Crippen MR) is 137 cm³/mol. The summed E-state index contributed by atoms with van der Waals surface area (Å²) in [7, 11) is 0. The summed E-state index contributed by atoms with van der Waals surface area (Å²) < 4.78 is 0. The van der Waals surface area contributed by atoms with Gasteiger partial charge in [0, 0.05) is 0 Å². The fourth-order valence-corrected chi connectivity index (χ4v) is 3.74. The van der Waals surface area contributed by atoms with Crippen LogP contribution in [-0.2, 0) is 0 Å². The SMILES string of the molecule is C=C.CCC(C)/C=C\C(C)C(C)CCC(C)C(C)CCC(C)C(C)CCC(C)C. The van der Waals surface area contributed by atoms with Crippen molar-refractivity contribution in [1.29, 1.82) is 0 Å². The fourth-order valence-electron chi connectivity index (χ4n) is 3.74. The van der Waals surface area contributed by atoms with Gasteiger partial charge < -0.3 is 0 Å². The van der Waals surface area contributed by atoms with Gasteiger partial charge in [0.1, 0.15) is 0 Å².